The zero-order valence-corrected chi connectivity index (χ0v) is 14.0. The van der Waals surface area contributed by atoms with Gasteiger partial charge in [-0.1, -0.05) is 13.3 Å². The Bertz CT molecular complexity index is 385. The van der Waals surface area contributed by atoms with Gasteiger partial charge in [-0.2, -0.15) is 0 Å². The number of piperidine rings is 1. The van der Waals surface area contributed by atoms with E-state index in [0.29, 0.717) is 19.4 Å². The first-order chi connectivity index (χ1) is 9.61. The summed E-state index contributed by atoms with van der Waals surface area (Å²) in [6.07, 6.45) is 3.06. The first kappa shape index (κ1) is 18.0. The van der Waals surface area contributed by atoms with Crippen LogP contribution in [0.5, 0.6) is 0 Å². The number of aliphatic carboxylic acids is 1. The average Bonchev–Trinajstić information content (AvgIpc) is 2.36. The molecule has 0 radical (unpaired) electrons. The lowest BCUT2D eigenvalue weighted by Gasteiger charge is -2.42. The van der Waals surface area contributed by atoms with Crippen LogP contribution in [-0.2, 0) is 9.59 Å². The third-order valence-corrected chi connectivity index (χ3v) is 4.21. The summed E-state index contributed by atoms with van der Waals surface area (Å²) in [7, 11) is 0. The third kappa shape index (κ3) is 4.70. The Morgan fingerprint density at radius 2 is 2.00 bits per heavy atom. The maximum absolute atomic E-state index is 12.3. The van der Waals surface area contributed by atoms with Crippen molar-refractivity contribution in [1.82, 2.24) is 10.2 Å². The molecule has 122 valence electrons. The Labute approximate surface area is 128 Å². The standard InChI is InChI=1S/C16H30N2O3/c1-6-8-16(14(20)21)9-7-10-18(11-16)12(2)13(19)17-15(3,4)5/h12H,6-11H2,1-5H3,(H,17,19)(H,20,21). The molecular weight excluding hydrogens is 268 g/mol. The number of amides is 1. The Kier molecular flexibility index (Phi) is 5.79. The van der Waals surface area contributed by atoms with Gasteiger partial charge in [0.15, 0.2) is 0 Å². The number of carboxylic acid groups (broad SMARTS) is 1. The van der Waals surface area contributed by atoms with Gasteiger partial charge in [0.1, 0.15) is 0 Å². The van der Waals surface area contributed by atoms with E-state index >= 15 is 0 Å². The minimum absolute atomic E-state index is 0.0276. The molecule has 1 fully saturated rings. The van der Waals surface area contributed by atoms with E-state index in [1.807, 2.05) is 39.5 Å². The van der Waals surface area contributed by atoms with E-state index in [-0.39, 0.29) is 17.5 Å². The lowest BCUT2D eigenvalue weighted by molar-refractivity contribution is -0.155. The molecule has 0 aliphatic carbocycles. The van der Waals surface area contributed by atoms with Crippen molar-refractivity contribution in [3.8, 4) is 0 Å². The maximum Gasteiger partial charge on any atom is 0.310 e. The van der Waals surface area contributed by atoms with Gasteiger partial charge in [-0.25, -0.2) is 0 Å². The number of carboxylic acids is 1. The van der Waals surface area contributed by atoms with Crippen LogP contribution in [0.1, 0.15) is 60.3 Å². The monoisotopic (exact) mass is 298 g/mol. The van der Waals surface area contributed by atoms with Crippen molar-refractivity contribution in [1.29, 1.82) is 0 Å². The Morgan fingerprint density at radius 1 is 1.38 bits per heavy atom. The lowest BCUT2D eigenvalue weighted by atomic mass is 9.76. The summed E-state index contributed by atoms with van der Waals surface area (Å²) in [5, 5.41) is 12.6. The summed E-state index contributed by atoms with van der Waals surface area (Å²) < 4.78 is 0. The van der Waals surface area contributed by atoms with Crippen LogP contribution in [0.15, 0.2) is 0 Å². The fraction of sp³-hybridized carbons (Fsp3) is 0.875. The number of nitrogens with one attached hydrogen (secondary N) is 1. The topological polar surface area (TPSA) is 69.6 Å². The summed E-state index contributed by atoms with van der Waals surface area (Å²) in [5.74, 6) is -0.752. The fourth-order valence-corrected chi connectivity index (χ4v) is 3.10. The van der Waals surface area contributed by atoms with Gasteiger partial charge in [0.05, 0.1) is 11.5 Å². The molecule has 5 nitrogen and oxygen atoms in total. The summed E-state index contributed by atoms with van der Waals surface area (Å²) >= 11 is 0. The van der Waals surface area contributed by atoms with E-state index in [1.165, 1.54) is 0 Å². The third-order valence-electron chi connectivity index (χ3n) is 4.21. The molecule has 1 aliphatic heterocycles. The van der Waals surface area contributed by atoms with Gasteiger partial charge < -0.3 is 10.4 Å². The first-order valence-electron chi connectivity index (χ1n) is 7.91. The van der Waals surface area contributed by atoms with Crippen LogP contribution in [0.25, 0.3) is 0 Å². The second-order valence-electron chi connectivity index (χ2n) is 7.32. The predicted octanol–water partition coefficient (Wildman–Crippen LogP) is 2.26. The SMILES string of the molecule is CCCC1(C(=O)O)CCCN(C(C)C(=O)NC(C)(C)C)C1. The van der Waals surface area contributed by atoms with E-state index in [4.69, 9.17) is 0 Å². The van der Waals surface area contributed by atoms with Crippen LogP contribution in [0, 0.1) is 5.41 Å². The second-order valence-corrected chi connectivity index (χ2v) is 7.32. The highest BCUT2D eigenvalue weighted by molar-refractivity contribution is 5.82. The highest BCUT2D eigenvalue weighted by Gasteiger charge is 2.43. The summed E-state index contributed by atoms with van der Waals surface area (Å²) in [6, 6.07) is -0.292. The first-order valence-corrected chi connectivity index (χ1v) is 7.91. The highest BCUT2D eigenvalue weighted by Crippen LogP contribution is 2.35. The predicted molar refractivity (Wildman–Crippen MR) is 83.1 cm³/mol. The molecule has 1 saturated heterocycles. The smallest absolute Gasteiger partial charge is 0.310 e. The van der Waals surface area contributed by atoms with Crippen LogP contribution in [0.4, 0.5) is 0 Å². The molecule has 0 aromatic carbocycles. The van der Waals surface area contributed by atoms with E-state index < -0.39 is 11.4 Å². The van der Waals surface area contributed by atoms with Gasteiger partial charge >= 0.3 is 5.97 Å². The lowest BCUT2D eigenvalue weighted by Crippen LogP contribution is -2.56. The maximum atomic E-state index is 12.3. The molecule has 1 amide bonds. The van der Waals surface area contributed by atoms with Crippen LogP contribution in [-0.4, -0.2) is 46.6 Å². The van der Waals surface area contributed by atoms with Gasteiger partial charge in [-0.15, -0.1) is 0 Å². The molecule has 0 aromatic rings. The summed E-state index contributed by atoms with van der Waals surface area (Å²) in [5.41, 5.74) is -0.961. The van der Waals surface area contributed by atoms with Gasteiger partial charge in [-0.05, 0) is 53.5 Å². The number of rotatable bonds is 5. The Morgan fingerprint density at radius 3 is 2.48 bits per heavy atom. The molecule has 0 saturated carbocycles. The van der Waals surface area contributed by atoms with Gasteiger partial charge in [0.25, 0.3) is 0 Å². The second kappa shape index (κ2) is 6.77. The van der Waals surface area contributed by atoms with Crippen LogP contribution in [0.3, 0.4) is 0 Å². The van der Waals surface area contributed by atoms with E-state index in [2.05, 4.69) is 5.32 Å². The molecule has 2 atom stereocenters. The number of carbonyl (C=O) groups excluding carboxylic acids is 1. The van der Waals surface area contributed by atoms with Crippen molar-refractivity contribution >= 4 is 11.9 Å². The van der Waals surface area contributed by atoms with Crippen molar-refractivity contribution in [2.75, 3.05) is 13.1 Å². The molecule has 2 unspecified atom stereocenters. The van der Waals surface area contributed by atoms with Crippen molar-refractivity contribution in [2.45, 2.75) is 71.9 Å². The van der Waals surface area contributed by atoms with Crippen molar-refractivity contribution in [3.05, 3.63) is 0 Å². The average molecular weight is 298 g/mol. The molecular formula is C16H30N2O3. The van der Waals surface area contributed by atoms with Crippen molar-refractivity contribution in [2.24, 2.45) is 5.41 Å². The minimum atomic E-state index is -0.725. The molecule has 2 N–H and O–H groups in total. The molecule has 5 heteroatoms. The zero-order chi connectivity index (χ0) is 16.3. The van der Waals surface area contributed by atoms with E-state index in [0.717, 1.165) is 19.4 Å². The van der Waals surface area contributed by atoms with Crippen molar-refractivity contribution in [3.63, 3.8) is 0 Å². The molecule has 0 aromatic heterocycles. The molecule has 1 rings (SSSR count). The van der Waals surface area contributed by atoms with E-state index in [1.54, 1.807) is 0 Å². The van der Waals surface area contributed by atoms with Gasteiger partial charge in [-0.3, -0.25) is 14.5 Å². The molecule has 0 spiro atoms. The van der Waals surface area contributed by atoms with Gasteiger partial charge in [0, 0.05) is 12.1 Å². The quantitative estimate of drug-likeness (QED) is 0.817. The van der Waals surface area contributed by atoms with Crippen LogP contribution < -0.4 is 5.32 Å². The number of nitrogens with zero attached hydrogens (tertiary/aromatic N) is 1. The number of likely N-dealkylation sites (tertiary alicyclic amines) is 1. The van der Waals surface area contributed by atoms with E-state index in [9.17, 15) is 14.7 Å². The largest absolute Gasteiger partial charge is 0.481 e. The van der Waals surface area contributed by atoms with Crippen molar-refractivity contribution < 1.29 is 14.7 Å². The van der Waals surface area contributed by atoms with Gasteiger partial charge in [0.2, 0.25) is 5.91 Å². The molecule has 0 bridgehead atoms. The summed E-state index contributed by atoms with van der Waals surface area (Å²) in [6.45, 7) is 11.0. The number of hydrogen-bond donors (Lipinski definition) is 2. The minimum Gasteiger partial charge on any atom is -0.481 e. The molecule has 21 heavy (non-hydrogen) atoms. The molecule has 1 heterocycles. The zero-order valence-electron chi connectivity index (χ0n) is 14.0. The molecule has 1 aliphatic rings. The Hall–Kier alpha value is -1.10. The highest BCUT2D eigenvalue weighted by atomic mass is 16.4. The fourth-order valence-electron chi connectivity index (χ4n) is 3.10. The Balaban J connectivity index is 2.79. The van der Waals surface area contributed by atoms with Crippen LogP contribution >= 0.6 is 0 Å². The van der Waals surface area contributed by atoms with Crippen LogP contribution in [0.2, 0.25) is 0 Å². The number of carbonyl (C=O) groups is 2. The normalized spacial score (nSPS) is 25.4. The number of hydrogen-bond acceptors (Lipinski definition) is 3. The summed E-state index contributed by atoms with van der Waals surface area (Å²) in [4.78, 5) is 26.0.